The molecule has 1 nitrogen and oxygen atoms in total. The number of rotatable bonds is 1. The van der Waals surface area contributed by atoms with Crippen LogP contribution in [0, 0.1) is 0 Å². The Labute approximate surface area is 81.3 Å². The lowest BCUT2D eigenvalue weighted by Gasteiger charge is -2.02. The molecule has 1 aromatic heterocycles. The average Bonchev–Trinajstić information content (AvgIpc) is 2.61. The highest BCUT2D eigenvalue weighted by atomic mass is 32.2. The van der Waals surface area contributed by atoms with Gasteiger partial charge in [-0.2, -0.15) is 0 Å². The van der Waals surface area contributed by atoms with Gasteiger partial charge in [0.2, 0.25) is 0 Å². The molecule has 0 spiro atoms. The largest absolute Gasteiger partial charge is 0.467 e. The first-order chi connectivity index (χ1) is 5.77. The number of hydrogen-bond donors (Lipinski definition) is 0. The van der Waals surface area contributed by atoms with Gasteiger partial charge in [-0.3, -0.25) is 0 Å². The first-order valence-electron chi connectivity index (χ1n) is 4.11. The molecule has 0 unspecified atom stereocenters. The quantitative estimate of drug-likeness (QED) is 0.688. The Bertz CT molecular complexity index is 235. The maximum absolute atomic E-state index is 5.37. The Kier molecular flexibility index (Phi) is 2.42. The minimum Gasteiger partial charge on any atom is -0.467 e. The van der Waals surface area contributed by atoms with E-state index < -0.39 is 0 Å². The highest BCUT2D eigenvalue weighted by Gasteiger charge is 2.31. The van der Waals surface area contributed by atoms with Crippen molar-refractivity contribution in [3.63, 3.8) is 0 Å². The second kappa shape index (κ2) is 3.38. The third-order valence-corrected chi connectivity index (χ3v) is 5.59. The lowest BCUT2D eigenvalue weighted by Crippen LogP contribution is -2.04. The van der Waals surface area contributed by atoms with Crippen LogP contribution in [-0.4, -0.2) is 10.5 Å². The van der Waals surface area contributed by atoms with Crippen LogP contribution < -0.4 is 0 Å². The predicted molar refractivity (Wildman–Crippen MR) is 55.6 cm³/mol. The van der Waals surface area contributed by atoms with Gasteiger partial charge >= 0.3 is 0 Å². The van der Waals surface area contributed by atoms with E-state index in [0.29, 0.717) is 4.58 Å². The van der Waals surface area contributed by atoms with Gasteiger partial charge in [-0.25, -0.2) is 0 Å². The maximum atomic E-state index is 5.37. The molecule has 1 aliphatic rings. The highest BCUT2D eigenvalue weighted by Crippen LogP contribution is 2.53. The molecule has 0 aliphatic carbocycles. The van der Waals surface area contributed by atoms with Crippen molar-refractivity contribution in [1.29, 1.82) is 0 Å². The zero-order chi connectivity index (χ0) is 8.55. The second-order valence-electron chi connectivity index (χ2n) is 3.03. The molecule has 2 atom stereocenters. The zero-order valence-electron chi connectivity index (χ0n) is 7.19. The standard InChI is InChI=1S/C9H12OS2/c1-6-7(2)12-9(11-6)8-4-3-5-10-8/h3-7,9H,1-2H3/t6-,7-/m1/s1. The van der Waals surface area contributed by atoms with E-state index in [-0.39, 0.29) is 0 Å². The maximum Gasteiger partial charge on any atom is 0.126 e. The van der Waals surface area contributed by atoms with Gasteiger partial charge in [0.15, 0.2) is 0 Å². The molecule has 0 N–H and O–H groups in total. The molecule has 2 rings (SSSR count). The lowest BCUT2D eigenvalue weighted by atomic mass is 10.4. The number of thioether (sulfide) groups is 2. The molecule has 1 aromatic rings. The normalized spacial score (nSPS) is 31.2. The topological polar surface area (TPSA) is 13.1 Å². The fourth-order valence-corrected chi connectivity index (χ4v) is 4.65. The molecule has 0 saturated carbocycles. The molecule has 3 heteroatoms. The zero-order valence-corrected chi connectivity index (χ0v) is 8.82. The SMILES string of the molecule is C[C@H]1SC(c2ccco2)S[C@@H]1C. The lowest BCUT2D eigenvalue weighted by molar-refractivity contribution is 0.528. The van der Waals surface area contributed by atoms with Crippen LogP contribution in [0.15, 0.2) is 22.8 Å². The van der Waals surface area contributed by atoms with Crippen molar-refractivity contribution in [3.05, 3.63) is 24.2 Å². The molecule has 2 heterocycles. The van der Waals surface area contributed by atoms with Crippen LogP contribution >= 0.6 is 23.5 Å². The summed E-state index contributed by atoms with van der Waals surface area (Å²) in [5.74, 6) is 1.11. The molecule has 1 saturated heterocycles. The van der Waals surface area contributed by atoms with E-state index in [2.05, 4.69) is 19.9 Å². The molecule has 0 amide bonds. The Balaban J connectivity index is 2.09. The smallest absolute Gasteiger partial charge is 0.126 e. The summed E-state index contributed by atoms with van der Waals surface area (Å²) in [7, 11) is 0. The van der Waals surface area contributed by atoms with Gasteiger partial charge < -0.3 is 4.42 Å². The molecular weight excluding hydrogens is 188 g/mol. The van der Waals surface area contributed by atoms with Gasteiger partial charge in [0.1, 0.15) is 10.3 Å². The van der Waals surface area contributed by atoms with Crippen molar-refractivity contribution in [3.8, 4) is 0 Å². The molecule has 1 aliphatic heterocycles. The van der Waals surface area contributed by atoms with E-state index >= 15 is 0 Å². The fraction of sp³-hybridized carbons (Fsp3) is 0.556. The summed E-state index contributed by atoms with van der Waals surface area (Å²) in [6, 6.07) is 4.03. The van der Waals surface area contributed by atoms with Gasteiger partial charge in [0, 0.05) is 10.5 Å². The van der Waals surface area contributed by atoms with E-state index in [1.54, 1.807) is 6.26 Å². The van der Waals surface area contributed by atoms with E-state index in [1.165, 1.54) is 0 Å². The Morgan fingerprint density at radius 1 is 1.25 bits per heavy atom. The molecular formula is C9H12OS2. The van der Waals surface area contributed by atoms with E-state index in [4.69, 9.17) is 4.42 Å². The third kappa shape index (κ3) is 1.52. The molecule has 0 aromatic carbocycles. The van der Waals surface area contributed by atoms with Crippen molar-refractivity contribution in [1.82, 2.24) is 0 Å². The summed E-state index contributed by atoms with van der Waals surface area (Å²) in [5, 5.41) is 1.48. The van der Waals surface area contributed by atoms with Crippen LogP contribution in [0.5, 0.6) is 0 Å². The second-order valence-corrected chi connectivity index (χ2v) is 6.30. The number of hydrogen-bond acceptors (Lipinski definition) is 3. The van der Waals surface area contributed by atoms with Crippen LogP contribution in [-0.2, 0) is 0 Å². The third-order valence-electron chi connectivity index (χ3n) is 2.11. The molecule has 0 bridgehead atoms. The minimum atomic E-state index is 0.519. The van der Waals surface area contributed by atoms with Gasteiger partial charge in [-0.05, 0) is 12.1 Å². The van der Waals surface area contributed by atoms with E-state index in [0.717, 1.165) is 16.3 Å². The van der Waals surface area contributed by atoms with Crippen molar-refractivity contribution < 1.29 is 4.42 Å². The monoisotopic (exact) mass is 200 g/mol. The first kappa shape index (κ1) is 8.57. The van der Waals surface area contributed by atoms with Crippen molar-refractivity contribution >= 4 is 23.5 Å². The van der Waals surface area contributed by atoms with Gasteiger partial charge in [-0.1, -0.05) is 13.8 Å². The molecule has 0 radical (unpaired) electrons. The van der Waals surface area contributed by atoms with Crippen LogP contribution in [0.4, 0.5) is 0 Å². The summed E-state index contributed by atoms with van der Waals surface area (Å²) in [6.07, 6.45) is 1.75. The summed E-state index contributed by atoms with van der Waals surface area (Å²) in [6.45, 7) is 4.57. The molecule has 66 valence electrons. The van der Waals surface area contributed by atoms with Gasteiger partial charge in [0.05, 0.1) is 6.26 Å². The Morgan fingerprint density at radius 3 is 2.42 bits per heavy atom. The minimum absolute atomic E-state index is 0.519. The Hall–Kier alpha value is -0.0200. The van der Waals surface area contributed by atoms with Crippen LogP contribution in [0.1, 0.15) is 24.2 Å². The van der Waals surface area contributed by atoms with E-state index in [9.17, 15) is 0 Å². The van der Waals surface area contributed by atoms with Crippen LogP contribution in [0.2, 0.25) is 0 Å². The number of furan rings is 1. The summed E-state index contributed by atoms with van der Waals surface area (Å²) in [5.41, 5.74) is 0. The Morgan fingerprint density at radius 2 is 1.92 bits per heavy atom. The first-order valence-corrected chi connectivity index (χ1v) is 6.00. The average molecular weight is 200 g/mol. The van der Waals surface area contributed by atoms with Gasteiger partial charge in [-0.15, -0.1) is 23.5 Å². The van der Waals surface area contributed by atoms with Crippen molar-refractivity contribution in [2.24, 2.45) is 0 Å². The van der Waals surface area contributed by atoms with E-state index in [1.807, 2.05) is 29.6 Å². The van der Waals surface area contributed by atoms with Crippen molar-refractivity contribution in [2.45, 2.75) is 28.9 Å². The predicted octanol–water partition coefficient (Wildman–Crippen LogP) is 3.54. The molecule has 1 fully saturated rings. The van der Waals surface area contributed by atoms with Crippen LogP contribution in [0.3, 0.4) is 0 Å². The summed E-state index contributed by atoms with van der Waals surface area (Å²) >= 11 is 4.00. The van der Waals surface area contributed by atoms with Crippen LogP contribution in [0.25, 0.3) is 0 Å². The van der Waals surface area contributed by atoms with Crippen molar-refractivity contribution in [2.75, 3.05) is 0 Å². The summed E-state index contributed by atoms with van der Waals surface area (Å²) in [4.78, 5) is 0. The summed E-state index contributed by atoms with van der Waals surface area (Å²) < 4.78 is 5.89. The fourth-order valence-electron chi connectivity index (χ4n) is 1.20. The molecule has 12 heavy (non-hydrogen) atoms. The highest BCUT2D eigenvalue weighted by molar-refractivity contribution is 8.20. The van der Waals surface area contributed by atoms with Gasteiger partial charge in [0.25, 0.3) is 0 Å².